The van der Waals surface area contributed by atoms with Gasteiger partial charge in [0, 0.05) is 0 Å². The van der Waals surface area contributed by atoms with Crippen LogP contribution in [-0.4, -0.2) is 38.2 Å². The van der Waals surface area contributed by atoms with E-state index in [0.717, 1.165) is 0 Å². The van der Waals surface area contributed by atoms with Crippen molar-refractivity contribution in [3.63, 3.8) is 0 Å². The zero-order valence-electron chi connectivity index (χ0n) is 11.8. The van der Waals surface area contributed by atoms with Crippen molar-refractivity contribution in [2.45, 2.75) is 13.0 Å². The smallest absolute Gasteiger partial charge is 0.337 e. The van der Waals surface area contributed by atoms with Crippen molar-refractivity contribution < 1.29 is 28.6 Å². The number of esters is 1. The SMILES string of the molecule is COC(=O)c1ccc(OC(C)C(=O)NC(N)=O)c(OC)c1. The molecular weight excluding hydrogens is 280 g/mol. The molecule has 114 valence electrons. The Hall–Kier alpha value is -2.77. The molecule has 1 unspecified atom stereocenters. The summed E-state index contributed by atoms with van der Waals surface area (Å²) in [5.41, 5.74) is 5.12. The maximum Gasteiger partial charge on any atom is 0.337 e. The van der Waals surface area contributed by atoms with Crippen molar-refractivity contribution in [3.05, 3.63) is 23.8 Å². The number of nitrogens with one attached hydrogen (secondary N) is 1. The Morgan fingerprint density at radius 1 is 1.19 bits per heavy atom. The van der Waals surface area contributed by atoms with Gasteiger partial charge in [0.1, 0.15) is 0 Å². The molecule has 8 nitrogen and oxygen atoms in total. The van der Waals surface area contributed by atoms with Gasteiger partial charge >= 0.3 is 12.0 Å². The first-order valence-corrected chi connectivity index (χ1v) is 5.92. The number of hydrogen-bond donors (Lipinski definition) is 2. The van der Waals surface area contributed by atoms with Gasteiger partial charge in [-0.25, -0.2) is 9.59 Å². The minimum Gasteiger partial charge on any atom is -0.493 e. The van der Waals surface area contributed by atoms with Crippen LogP contribution < -0.4 is 20.5 Å². The number of amides is 3. The van der Waals surface area contributed by atoms with Crippen LogP contribution >= 0.6 is 0 Å². The van der Waals surface area contributed by atoms with E-state index in [1.165, 1.54) is 39.3 Å². The minimum absolute atomic E-state index is 0.234. The fraction of sp³-hybridized carbons (Fsp3) is 0.308. The Morgan fingerprint density at radius 3 is 2.38 bits per heavy atom. The van der Waals surface area contributed by atoms with Crippen LogP contribution in [0.2, 0.25) is 0 Å². The maximum atomic E-state index is 11.5. The van der Waals surface area contributed by atoms with E-state index in [0.29, 0.717) is 0 Å². The number of carbonyl (C=O) groups excluding carboxylic acids is 3. The molecule has 0 bridgehead atoms. The molecule has 0 aliphatic carbocycles. The number of primary amides is 1. The topological polar surface area (TPSA) is 117 Å². The summed E-state index contributed by atoms with van der Waals surface area (Å²) in [7, 11) is 2.65. The third kappa shape index (κ3) is 4.37. The quantitative estimate of drug-likeness (QED) is 0.762. The summed E-state index contributed by atoms with van der Waals surface area (Å²) in [6.45, 7) is 1.44. The molecule has 1 aromatic rings. The molecule has 3 N–H and O–H groups in total. The summed E-state index contributed by atoms with van der Waals surface area (Å²) >= 11 is 0. The van der Waals surface area contributed by atoms with Gasteiger partial charge in [0.15, 0.2) is 17.6 Å². The molecular formula is C13H16N2O6. The minimum atomic E-state index is -0.977. The standard InChI is InChI=1S/C13H16N2O6/c1-7(11(16)15-13(14)18)21-9-5-4-8(12(17)20-3)6-10(9)19-2/h4-7H,1-3H3,(H3,14,15,16,18). The lowest BCUT2D eigenvalue weighted by atomic mass is 10.2. The number of urea groups is 1. The molecule has 21 heavy (non-hydrogen) atoms. The lowest BCUT2D eigenvalue weighted by Crippen LogP contribution is -2.42. The predicted molar refractivity (Wildman–Crippen MR) is 72.1 cm³/mol. The average Bonchev–Trinajstić information content (AvgIpc) is 2.45. The Bertz CT molecular complexity index is 558. The molecule has 0 saturated carbocycles. The summed E-state index contributed by atoms with van der Waals surface area (Å²) in [5.74, 6) is -0.741. The molecule has 3 amide bonds. The Labute approximate surface area is 121 Å². The second kappa shape index (κ2) is 7.13. The van der Waals surface area contributed by atoms with Gasteiger partial charge in [-0.1, -0.05) is 0 Å². The number of hydrogen-bond acceptors (Lipinski definition) is 6. The molecule has 0 fully saturated rings. The summed E-state index contributed by atoms with van der Waals surface area (Å²) in [6.07, 6.45) is -0.977. The van der Waals surface area contributed by atoms with Crippen molar-refractivity contribution in [2.75, 3.05) is 14.2 Å². The van der Waals surface area contributed by atoms with E-state index in [1.807, 2.05) is 5.32 Å². The zero-order chi connectivity index (χ0) is 16.0. The first-order chi connectivity index (χ1) is 9.88. The first kappa shape index (κ1) is 16.3. The lowest BCUT2D eigenvalue weighted by Gasteiger charge is -2.16. The molecule has 0 aliphatic heterocycles. The van der Waals surface area contributed by atoms with Crippen molar-refractivity contribution in [3.8, 4) is 11.5 Å². The van der Waals surface area contributed by atoms with Crippen LogP contribution in [-0.2, 0) is 9.53 Å². The average molecular weight is 296 g/mol. The zero-order valence-corrected chi connectivity index (χ0v) is 11.8. The number of nitrogens with two attached hydrogens (primary N) is 1. The molecule has 8 heteroatoms. The van der Waals surface area contributed by atoms with E-state index in [2.05, 4.69) is 4.74 Å². The van der Waals surface area contributed by atoms with Gasteiger partial charge in [-0.3, -0.25) is 10.1 Å². The van der Waals surface area contributed by atoms with E-state index in [4.69, 9.17) is 15.2 Å². The van der Waals surface area contributed by atoms with Gasteiger partial charge in [0.2, 0.25) is 0 Å². The number of rotatable bonds is 5. The molecule has 0 spiro atoms. The van der Waals surface area contributed by atoms with Gasteiger partial charge < -0.3 is 19.9 Å². The number of imide groups is 1. The predicted octanol–water partition coefficient (Wildman–Crippen LogP) is 0.444. The van der Waals surface area contributed by atoms with E-state index in [9.17, 15) is 14.4 Å². The van der Waals surface area contributed by atoms with Crippen LogP contribution in [0.3, 0.4) is 0 Å². The highest BCUT2D eigenvalue weighted by atomic mass is 16.5. The molecule has 1 aromatic carbocycles. The van der Waals surface area contributed by atoms with E-state index in [1.54, 1.807) is 0 Å². The van der Waals surface area contributed by atoms with Crippen LogP contribution in [0.5, 0.6) is 11.5 Å². The fourth-order valence-electron chi connectivity index (χ4n) is 1.48. The van der Waals surface area contributed by atoms with Gasteiger partial charge in [-0.2, -0.15) is 0 Å². The Balaban J connectivity index is 2.90. The number of ether oxygens (including phenoxy) is 3. The lowest BCUT2D eigenvalue weighted by molar-refractivity contribution is -0.126. The van der Waals surface area contributed by atoms with Gasteiger partial charge in [0.25, 0.3) is 5.91 Å². The molecule has 0 heterocycles. The normalized spacial score (nSPS) is 11.2. The van der Waals surface area contributed by atoms with Crippen molar-refractivity contribution >= 4 is 17.9 Å². The second-order valence-corrected chi connectivity index (χ2v) is 3.97. The third-order valence-corrected chi connectivity index (χ3v) is 2.50. The largest absolute Gasteiger partial charge is 0.493 e. The van der Waals surface area contributed by atoms with Crippen molar-refractivity contribution in [1.29, 1.82) is 0 Å². The van der Waals surface area contributed by atoms with Crippen LogP contribution in [0.15, 0.2) is 18.2 Å². The molecule has 0 aliphatic rings. The second-order valence-electron chi connectivity index (χ2n) is 3.97. The number of methoxy groups -OCH3 is 2. The molecule has 0 saturated heterocycles. The fourth-order valence-corrected chi connectivity index (χ4v) is 1.48. The summed E-state index contributed by atoms with van der Waals surface area (Å²) in [4.78, 5) is 33.5. The molecule has 0 aromatic heterocycles. The van der Waals surface area contributed by atoms with Crippen molar-refractivity contribution in [2.24, 2.45) is 5.73 Å². The highest BCUT2D eigenvalue weighted by molar-refractivity contribution is 5.95. The maximum absolute atomic E-state index is 11.5. The number of benzene rings is 1. The molecule has 1 atom stereocenters. The van der Waals surface area contributed by atoms with Crippen LogP contribution in [0, 0.1) is 0 Å². The first-order valence-electron chi connectivity index (χ1n) is 5.92. The van der Waals surface area contributed by atoms with Gasteiger partial charge in [-0.15, -0.1) is 0 Å². The Kier molecular flexibility index (Phi) is 5.53. The van der Waals surface area contributed by atoms with Crippen LogP contribution in [0.4, 0.5) is 4.79 Å². The molecule has 0 radical (unpaired) electrons. The number of carbonyl (C=O) groups is 3. The Morgan fingerprint density at radius 2 is 1.86 bits per heavy atom. The summed E-state index contributed by atoms with van der Waals surface area (Å²) in [6, 6.07) is 3.37. The van der Waals surface area contributed by atoms with Gasteiger partial charge in [0.05, 0.1) is 19.8 Å². The monoisotopic (exact) mass is 296 g/mol. The van der Waals surface area contributed by atoms with Crippen molar-refractivity contribution in [1.82, 2.24) is 5.32 Å². The van der Waals surface area contributed by atoms with Crippen LogP contribution in [0.1, 0.15) is 17.3 Å². The van der Waals surface area contributed by atoms with Crippen LogP contribution in [0.25, 0.3) is 0 Å². The third-order valence-electron chi connectivity index (χ3n) is 2.50. The van der Waals surface area contributed by atoms with E-state index >= 15 is 0 Å². The highest BCUT2D eigenvalue weighted by Crippen LogP contribution is 2.29. The summed E-state index contributed by atoms with van der Waals surface area (Å²) < 4.78 is 15.0. The highest BCUT2D eigenvalue weighted by Gasteiger charge is 2.19. The molecule has 1 rings (SSSR count). The van der Waals surface area contributed by atoms with E-state index < -0.39 is 24.0 Å². The summed E-state index contributed by atoms with van der Waals surface area (Å²) in [5, 5.41) is 1.90. The van der Waals surface area contributed by atoms with E-state index in [-0.39, 0.29) is 17.1 Å². The van der Waals surface area contributed by atoms with Gasteiger partial charge in [-0.05, 0) is 25.1 Å².